The predicted octanol–water partition coefficient (Wildman–Crippen LogP) is 4.79. The SMILES string of the molecule is CC[Si](CC)(CC)Oc1c(Cc2cccnc2)sc2c1c(=O)n(C)c(=O)n2CC(C)C. The Morgan fingerprint density at radius 2 is 1.84 bits per heavy atom. The van der Waals surface area contributed by atoms with Gasteiger partial charge in [-0.05, 0) is 35.7 Å². The zero-order chi connectivity index (χ0) is 22.8. The van der Waals surface area contributed by atoms with Gasteiger partial charge in [0.1, 0.15) is 16.0 Å². The Balaban J connectivity index is 2.33. The molecule has 0 aromatic carbocycles. The van der Waals surface area contributed by atoms with E-state index < -0.39 is 8.32 Å². The van der Waals surface area contributed by atoms with Crippen molar-refractivity contribution >= 4 is 29.9 Å². The molecule has 6 nitrogen and oxygen atoms in total. The van der Waals surface area contributed by atoms with Crippen molar-refractivity contribution in [3.8, 4) is 5.75 Å². The summed E-state index contributed by atoms with van der Waals surface area (Å²) in [6.45, 7) is 11.3. The zero-order valence-electron chi connectivity index (χ0n) is 19.4. The van der Waals surface area contributed by atoms with E-state index in [9.17, 15) is 9.59 Å². The van der Waals surface area contributed by atoms with Crippen molar-refractivity contribution in [2.24, 2.45) is 13.0 Å². The van der Waals surface area contributed by atoms with Crippen LogP contribution in [0.2, 0.25) is 18.1 Å². The van der Waals surface area contributed by atoms with Gasteiger partial charge < -0.3 is 4.43 Å². The largest absolute Gasteiger partial charge is 0.542 e. The van der Waals surface area contributed by atoms with Crippen LogP contribution in [0.25, 0.3) is 10.2 Å². The van der Waals surface area contributed by atoms with Gasteiger partial charge in [-0.15, -0.1) is 11.3 Å². The van der Waals surface area contributed by atoms with E-state index in [4.69, 9.17) is 4.43 Å². The summed E-state index contributed by atoms with van der Waals surface area (Å²) in [6, 6.07) is 6.89. The highest BCUT2D eigenvalue weighted by Crippen LogP contribution is 2.40. The summed E-state index contributed by atoms with van der Waals surface area (Å²) in [7, 11) is -0.473. The molecule has 0 spiro atoms. The van der Waals surface area contributed by atoms with Crippen LogP contribution >= 0.6 is 11.3 Å². The second-order valence-corrected chi connectivity index (χ2v) is 14.3. The Bertz CT molecular complexity index is 1150. The average Bonchev–Trinajstić information content (AvgIpc) is 3.11. The number of aromatic nitrogens is 3. The molecule has 0 unspecified atom stereocenters. The summed E-state index contributed by atoms with van der Waals surface area (Å²) in [5, 5.41) is 0.555. The fourth-order valence-electron chi connectivity index (χ4n) is 3.97. The highest BCUT2D eigenvalue weighted by atomic mass is 32.1. The van der Waals surface area contributed by atoms with E-state index in [1.54, 1.807) is 17.8 Å². The van der Waals surface area contributed by atoms with E-state index in [0.29, 0.717) is 24.1 Å². The van der Waals surface area contributed by atoms with Crippen molar-refractivity contribution in [3.05, 3.63) is 55.8 Å². The number of pyridine rings is 1. The summed E-state index contributed by atoms with van der Waals surface area (Å²) in [4.78, 5) is 32.2. The first kappa shape index (κ1) is 23.5. The molecule has 0 aliphatic carbocycles. The number of thiophene rings is 1. The number of rotatable bonds is 9. The number of hydrogen-bond acceptors (Lipinski definition) is 5. The van der Waals surface area contributed by atoms with Crippen molar-refractivity contribution in [2.45, 2.75) is 65.7 Å². The third-order valence-corrected chi connectivity index (χ3v) is 11.8. The first-order valence-corrected chi connectivity index (χ1v) is 14.4. The van der Waals surface area contributed by atoms with Gasteiger partial charge >= 0.3 is 5.69 Å². The molecule has 0 N–H and O–H groups in total. The molecule has 0 radical (unpaired) electrons. The minimum Gasteiger partial charge on any atom is -0.542 e. The van der Waals surface area contributed by atoms with Gasteiger partial charge in [0.25, 0.3) is 13.9 Å². The molecule has 0 bridgehead atoms. The van der Waals surface area contributed by atoms with Gasteiger partial charge in [-0.2, -0.15) is 0 Å². The number of nitrogens with zero attached hydrogens (tertiary/aromatic N) is 3. The molecule has 0 saturated heterocycles. The molecule has 0 aliphatic heterocycles. The lowest BCUT2D eigenvalue weighted by Gasteiger charge is -2.29. The van der Waals surface area contributed by atoms with Crippen LogP contribution in [0.15, 0.2) is 34.1 Å². The van der Waals surface area contributed by atoms with E-state index >= 15 is 0 Å². The Hall–Kier alpha value is -2.19. The maximum Gasteiger partial charge on any atom is 0.331 e. The first-order valence-electron chi connectivity index (χ1n) is 11.1. The van der Waals surface area contributed by atoms with Gasteiger partial charge in [0.2, 0.25) is 0 Å². The lowest BCUT2D eigenvalue weighted by Crippen LogP contribution is -2.41. The zero-order valence-corrected chi connectivity index (χ0v) is 21.2. The molecule has 8 heteroatoms. The molecule has 3 rings (SSSR count). The summed E-state index contributed by atoms with van der Waals surface area (Å²) in [5.41, 5.74) is 0.525. The molecule has 0 amide bonds. The van der Waals surface area contributed by atoms with Crippen molar-refractivity contribution in [1.29, 1.82) is 0 Å². The van der Waals surface area contributed by atoms with Gasteiger partial charge in [0, 0.05) is 32.4 Å². The van der Waals surface area contributed by atoms with E-state index in [1.807, 2.05) is 18.3 Å². The molecule has 3 aromatic rings. The minimum absolute atomic E-state index is 0.267. The molecule has 0 fully saturated rings. The third kappa shape index (κ3) is 4.55. The monoisotopic (exact) mass is 459 g/mol. The van der Waals surface area contributed by atoms with Crippen molar-refractivity contribution in [2.75, 3.05) is 0 Å². The third-order valence-electron chi connectivity index (χ3n) is 6.08. The normalized spacial score (nSPS) is 12.1. The molecule has 31 heavy (non-hydrogen) atoms. The first-order chi connectivity index (χ1) is 14.8. The smallest absolute Gasteiger partial charge is 0.331 e. The van der Waals surface area contributed by atoms with E-state index in [1.165, 1.54) is 15.9 Å². The van der Waals surface area contributed by atoms with Crippen LogP contribution in [-0.4, -0.2) is 22.4 Å². The van der Waals surface area contributed by atoms with Crippen molar-refractivity contribution in [1.82, 2.24) is 14.1 Å². The van der Waals surface area contributed by atoms with Crippen LogP contribution in [0.3, 0.4) is 0 Å². The second kappa shape index (κ2) is 9.52. The summed E-state index contributed by atoms with van der Waals surface area (Å²) < 4.78 is 9.82. The van der Waals surface area contributed by atoms with Crippen LogP contribution < -0.4 is 15.7 Å². The molecular formula is C23H33N3O3SSi. The Labute approximate surface area is 188 Å². The van der Waals surface area contributed by atoms with Gasteiger partial charge in [0.05, 0.1) is 4.88 Å². The van der Waals surface area contributed by atoms with Gasteiger partial charge in [-0.3, -0.25) is 18.9 Å². The lowest BCUT2D eigenvalue weighted by molar-refractivity contribution is 0.502. The minimum atomic E-state index is -2.04. The molecule has 168 valence electrons. The molecule has 0 aliphatic rings. The topological polar surface area (TPSA) is 66.1 Å². The van der Waals surface area contributed by atoms with Crippen molar-refractivity contribution in [3.63, 3.8) is 0 Å². The van der Waals surface area contributed by atoms with E-state index in [-0.39, 0.29) is 17.2 Å². The van der Waals surface area contributed by atoms with Gasteiger partial charge in [-0.1, -0.05) is 40.7 Å². The highest BCUT2D eigenvalue weighted by Gasteiger charge is 2.34. The molecular weight excluding hydrogens is 426 g/mol. The van der Waals surface area contributed by atoms with Crippen LogP contribution in [-0.2, 0) is 20.0 Å². The summed E-state index contributed by atoms with van der Waals surface area (Å²) in [6.07, 6.45) is 4.23. The molecule has 0 atom stereocenters. The van der Waals surface area contributed by atoms with Crippen molar-refractivity contribution < 1.29 is 4.43 Å². The fourth-order valence-corrected chi connectivity index (χ4v) is 7.89. The van der Waals surface area contributed by atoms with E-state index in [2.05, 4.69) is 39.6 Å². The van der Waals surface area contributed by atoms with Crippen LogP contribution in [0, 0.1) is 5.92 Å². The molecule has 0 saturated carbocycles. The number of hydrogen-bond donors (Lipinski definition) is 0. The summed E-state index contributed by atoms with van der Waals surface area (Å²) in [5.74, 6) is 0.973. The predicted molar refractivity (Wildman–Crippen MR) is 131 cm³/mol. The van der Waals surface area contributed by atoms with E-state index in [0.717, 1.165) is 33.4 Å². The standard InChI is InChI=1S/C23H33N3O3SSi/c1-7-31(8-2,9-3)29-20-18(13-17-11-10-12-24-14-17)30-22-19(20)21(27)25(6)23(28)26(22)15-16(4)5/h10-12,14,16H,7-9,13,15H2,1-6H3. The second-order valence-electron chi connectivity index (χ2n) is 8.57. The van der Waals surface area contributed by atoms with Crippen LogP contribution in [0.5, 0.6) is 5.75 Å². The van der Waals surface area contributed by atoms with Crippen LogP contribution in [0.1, 0.15) is 45.1 Å². The van der Waals surface area contributed by atoms with Crippen LogP contribution in [0.4, 0.5) is 0 Å². The number of fused-ring (bicyclic) bond motifs is 1. The Kier molecular flexibility index (Phi) is 7.21. The fraction of sp³-hybridized carbons (Fsp3) is 0.522. The maximum atomic E-state index is 13.3. The Morgan fingerprint density at radius 1 is 1.16 bits per heavy atom. The van der Waals surface area contributed by atoms with Gasteiger partial charge in [0.15, 0.2) is 0 Å². The average molecular weight is 460 g/mol. The quantitative estimate of drug-likeness (QED) is 0.432. The Morgan fingerprint density at radius 3 is 2.39 bits per heavy atom. The maximum absolute atomic E-state index is 13.3. The summed E-state index contributed by atoms with van der Waals surface area (Å²) >= 11 is 1.52. The molecule has 3 aromatic heterocycles. The van der Waals surface area contributed by atoms with Gasteiger partial charge in [-0.25, -0.2) is 4.79 Å². The molecule has 3 heterocycles. The lowest BCUT2D eigenvalue weighted by atomic mass is 10.1. The highest BCUT2D eigenvalue weighted by molar-refractivity contribution is 7.19.